The number of aromatic amines is 1. The van der Waals surface area contributed by atoms with Crippen LogP contribution in [0, 0.1) is 0 Å². The van der Waals surface area contributed by atoms with Crippen molar-refractivity contribution in [1.29, 1.82) is 0 Å². The Balaban J connectivity index is 2.24. The van der Waals surface area contributed by atoms with E-state index in [-0.39, 0.29) is 23.3 Å². The third kappa shape index (κ3) is 4.33. The van der Waals surface area contributed by atoms with Crippen molar-refractivity contribution in [2.24, 2.45) is 0 Å². The van der Waals surface area contributed by atoms with Crippen molar-refractivity contribution in [2.75, 3.05) is 20.3 Å². The van der Waals surface area contributed by atoms with Crippen LogP contribution >= 0.6 is 0 Å². The van der Waals surface area contributed by atoms with Crippen molar-refractivity contribution in [3.05, 3.63) is 38.2 Å². The van der Waals surface area contributed by atoms with E-state index in [2.05, 4.69) is 9.97 Å². The Labute approximate surface area is 176 Å². The standard InChI is InChI=1S/C22H32N4O4/c1-5-10-26-19-18(20(27)24-22(26)29)16(13-17(23-19)14-8-9-14)21(28)25(11-12-30-4)15(6-2)7-3/h13-15H,5-12H2,1-4H3,(H,24,27,29). The molecule has 8 heteroatoms. The molecule has 0 unspecified atom stereocenters. The first-order valence-corrected chi connectivity index (χ1v) is 10.9. The molecule has 2 aromatic rings. The topological polar surface area (TPSA) is 97.3 Å². The van der Waals surface area contributed by atoms with E-state index in [1.165, 1.54) is 4.57 Å². The van der Waals surface area contributed by atoms with Crippen molar-refractivity contribution in [3.63, 3.8) is 0 Å². The van der Waals surface area contributed by atoms with Gasteiger partial charge >= 0.3 is 5.69 Å². The minimum atomic E-state index is -0.559. The number of nitrogens with zero attached hydrogens (tertiary/aromatic N) is 3. The molecule has 2 aromatic heterocycles. The summed E-state index contributed by atoms with van der Waals surface area (Å²) in [5, 5.41) is 0.200. The van der Waals surface area contributed by atoms with Crippen LogP contribution in [-0.2, 0) is 11.3 Å². The van der Waals surface area contributed by atoms with Gasteiger partial charge in [0.2, 0.25) is 0 Å². The lowest BCUT2D eigenvalue weighted by Gasteiger charge is -2.31. The zero-order chi connectivity index (χ0) is 21.8. The lowest BCUT2D eigenvalue weighted by atomic mass is 10.0. The zero-order valence-electron chi connectivity index (χ0n) is 18.4. The molecule has 1 aliphatic carbocycles. The molecule has 0 saturated heterocycles. The van der Waals surface area contributed by atoms with Gasteiger partial charge < -0.3 is 9.64 Å². The summed E-state index contributed by atoms with van der Waals surface area (Å²) in [6.45, 7) is 7.34. The van der Waals surface area contributed by atoms with Gasteiger partial charge in [0, 0.05) is 37.9 Å². The summed E-state index contributed by atoms with van der Waals surface area (Å²) in [6, 6.07) is 1.81. The third-order valence-corrected chi connectivity index (χ3v) is 5.82. The van der Waals surface area contributed by atoms with Gasteiger partial charge in [0.15, 0.2) is 5.65 Å². The number of H-pyrrole nitrogens is 1. The van der Waals surface area contributed by atoms with Gasteiger partial charge in [-0.05, 0) is 38.2 Å². The highest BCUT2D eigenvalue weighted by Crippen LogP contribution is 2.40. The number of carbonyl (C=O) groups excluding carboxylic acids is 1. The fourth-order valence-corrected chi connectivity index (χ4v) is 4.01. The number of hydrogen-bond donors (Lipinski definition) is 1. The number of aryl methyl sites for hydroxylation is 1. The Bertz CT molecular complexity index is 1020. The Hall–Kier alpha value is -2.48. The number of ether oxygens (including phenoxy) is 1. The normalized spacial score (nSPS) is 13.9. The molecule has 0 spiro atoms. The number of amides is 1. The van der Waals surface area contributed by atoms with Crippen LogP contribution < -0.4 is 11.2 Å². The summed E-state index contributed by atoms with van der Waals surface area (Å²) in [5.41, 5.74) is 0.392. The fourth-order valence-electron chi connectivity index (χ4n) is 4.01. The molecule has 1 aliphatic rings. The van der Waals surface area contributed by atoms with Crippen molar-refractivity contribution in [1.82, 2.24) is 19.4 Å². The monoisotopic (exact) mass is 416 g/mol. The molecule has 0 aromatic carbocycles. The first-order chi connectivity index (χ1) is 14.5. The maximum Gasteiger partial charge on any atom is 0.329 e. The van der Waals surface area contributed by atoms with Crippen LogP contribution in [0.4, 0.5) is 0 Å². The molecule has 8 nitrogen and oxygen atoms in total. The first kappa shape index (κ1) is 22.2. The average molecular weight is 417 g/mol. The largest absolute Gasteiger partial charge is 0.383 e. The van der Waals surface area contributed by atoms with E-state index < -0.39 is 11.2 Å². The van der Waals surface area contributed by atoms with Crippen LogP contribution in [0.15, 0.2) is 15.7 Å². The molecular weight excluding hydrogens is 384 g/mol. The molecule has 0 aliphatic heterocycles. The number of nitrogens with one attached hydrogen (secondary N) is 1. The van der Waals surface area contributed by atoms with Gasteiger partial charge in [-0.1, -0.05) is 20.8 Å². The molecule has 1 saturated carbocycles. The summed E-state index contributed by atoms with van der Waals surface area (Å²) < 4.78 is 6.71. The molecule has 3 rings (SSSR count). The third-order valence-electron chi connectivity index (χ3n) is 5.82. The van der Waals surface area contributed by atoms with Gasteiger partial charge in [0.1, 0.15) is 0 Å². The summed E-state index contributed by atoms with van der Waals surface area (Å²) >= 11 is 0. The van der Waals surface area contributed by atoms with Gasteiger partial charge in [0.05, 0.1) is 17.6 Å². The molecule has 1 amide bonds. The number of fused-ring (bicyclic) bond motifs is 1. The fraction of sp³-hybridized carbons (Fsp3) is 0.636. The van der Waals surface area contributed by atoms with Crippen LogP contribution in [-0.4, -0.2) is 51.6 Å². The second-order valence-electron chi connectivity index (χ2n) is 7.94. The maximum absolute atomic E-state index is 13.7. The number of hydrogen-bond acceptors (Lipinski definition) is 5. The van der Waals surface area contributed by atoms with Crippen molar-refractivity contribution in [3.8, 4) is 0 Å². The Morgan fingerprint density at radius 3 is 2.57 bits per heavy atom. The highest BCUT2D eigenvalue weighted by Gasteiger charge is 2.31. The van der Waals surface area contributed by atoms with E-state index in [9.17, 15) is 14.4 Å². The average Bonchev–Trinajstić information content (AvgIpc) is 3.58. The number of aromatic nitrogens is 3. The van der Waals surface area contributed by atoms with E-state index >= 15 is 0 Å². The van der Waals surface area contributed by atoms with E-state index in [4.69, 9.17) is 4.74 Å². The SMILES string of the molecule is CCCn1c(=O)[nH]c(=O)c2c(C(=O)N(CCOC)C(CC)CC)cc(C3CC3)nc21. The van der Waals surface area contributed by atoms with Gasteiger partial charge in [-0.3, -0.25) is 19.1 Å². The summed E-state index contributed by atoms with van der Waals surface area (Å²) in [4.78, 5) is 47.9. The minimum Gasteiger partial charge on any atom is -0.383 e. The van der Waals surface area contributed by atoms with E-state index in [1.54, 1.807) is 18.1 Å². The molecule has 0 radical (unpaired) electrons. The molecule has 0 atom stereocenters. The second-order valence-corrected chi connectivity index (χ2v) is 7.94. The molecule has 30 heavy (non-hydrogen) atoms. The van der Waals surface area contributed by atoms with Crippen molar-refractivity contribution >= 4 is 16.9 Å². The Morgan fingerprint density at radius 2 is 2.00 bits per heavy atom. The van der Waals surface area contributed by atoms with Crippen LogP contribution in [0.1, 0.15) is 74.8 Å². The smallest absolute Gasteiger partial charge is 0.329 e. The van der Waals surface area contributed by atoms with Gasteiger partial charge in [-0.25, -0.2) is 9.78 Å². The molecule has 164 valence electrons. The summed E-state index contributed by atoms with van der Waals surface area (Å²) in [6.07, 6.45) is 4.34. The van der Waals surface area contributed by atoms with Crippen molar-refractivity contribution < 1.29 is 9.53 Å². The van der Waals surface area contributed by atoms with E-state index in [1.807, 2.05) is 20.8 Å². The van der Waals surface area contributed by atoms with Crippen LogP contribution in [0.5, 0.6) is 0 Å². The molecule has 1 N–H and O–H groups in total. The van der Waals surface area contributed by atoms with Gasteiger partial charge in [0.25, 0.3) is 11.5 Å². The summed E-state index contributed by atoms with van der Waals surface area (Å²) in [5.74, 6) is 0.0771. The molecule has 2 heterocycles. The molecule has 1 fully saturated rings. The Morgan fingerprint density at radius 1 is 1.30 bits per heavy atom. The van der Waals surface area contributed by atoms with E-state index in [0.29, 0.717) is 37.3 Å². The highest BCUT2D eigenvalue weighted by atomic mass is 16.5. The van der Waals surface area contributed by atoms with Gasteiger partial charge in [-0.2, -0.15) is 0 Å². The minimum absolute atomic E-state index is 0.0425. The number of rotatable bonds is 10. The van der Waals surface area contributed by atoms with Gasteiger partial charge in [-0.15, -0.1) is 0 Å². The zero-order valence-corrected chi connectivity index (χ0v) is 18.4. The highest BCUT2D eigenvalue weighted by molar-refractivity contribution is 6.05. The number of carbonyl (C=O) groups is 1. The van der Waals surface area contributed by atoms with Crippen LogP contribution in [0.3, 0.4) is 0 Å². The van der Waals surface area contributed by atoms with E-state index in [0.717, 1.165) is 31.4 Å². The lowest BCUT2D eigenvalue weighted by Crippen LogP contribution is -2.42. The Kier molecular flexibility index (Phi) is 7.07. The predicted molar refractivity (Wildman–Crippen MR) is 116 cm³/mol. The number of methoxy groups -OCH3 is 1. The number of pyridine rings is 1. The molecule has 0 bridgehead atoms. The van der Waals surface area contributed by atoms with Crippen LogP contribution in [0.25, 0.3) is 11.0 Å². The second kappa shape index (κ2) is 9.55. The summed E-state index contributed by atoms with van der Waals surface area (Å²) in [7, 11) is 1.61. The quantitative estimate of drug-likeness (QED) is 0.642. The lowest BCUT2D eigenvalue weighted by molar-refractivity contribution is 0.0591. The first-order valence-electron chi connectivity index (χ1n) is 10.9. The maximum atomic E-state index is 13.7. The van der Waals surface area contributed by atoms with Crippen LogP contribution in [0.2, 0.25) is 0 Å². The molecular formula is C22H32N4O4. The van der Waals surface area contributed by atoms with Crippen molar-refractivity contribution in [2.45, 2.75) is 71.4 Å². The predicted octanol–water partition coefficient (Wildman–Crippen LogP) is 2.65.